The number of ether oxygens (including phenoxy) is 2. The first-order valence-corrected chi connectivity index (χ1v) is 8.03. The fraction of sp³-hybridized carbons (Fsp3) is 0.105. The van der Waals surface area contributed by atoms with Crippen molar-refractivity contribution >= 4 is 33.7 Å². The third kappa shape index (κ3) is 2.62. The summed E-state index contributed by atoms with van der Waals surface area (Å²) in [6, 6.07) is 15.1. The van der Waals surface area contributed by atoms with Gasteiger partial charge in [-0.1, -0.05) is 35.9 Å². The number of rotatable bonds is 3. The average Bonchev–Trinajstić information content (AvgIpc) is 2.66. The Morgan fingerprint density at radius 3 is 1.92 bits per heavy atom. The SMILES string of the molecule is COc1nc(OC)c2nc3ccccc3nc2c1-c1ccc(Cl)cc1. The van der Waals surface area contributed by atoms with Crippen molar-refractivity contribution in [3.8, 4) is 22.9 Å². The quantitative estimate of drug-likeness (QED) is 0.508. The van der Waals surface area contributed by atoms with Gasteiger partial charge in [0.25, 0.3) is 0 Å². The minimum Gasteiger partial charge on any atom is -0.480 e. The molecule has 2 aromatic heterocycles. The summed E-state index contributed by atoms with van der Waals surface area (Å²) in [5, 5.41) is 0.657. The number of hydrogen-bond acceptors (Lipinski definition) is 5. The van der Waals surface area contributed by atoms with Crippen molar-refractivity contribution in [2.75, 3.05) is 14.2 Å². The average molecular weight is 352 g/mol. The predicted molar refractivity (Wildman–Crippen MR) is 98.4 cm³/mol. The van der Waals surface area contributed by atoms with E-state index in [1.807, 2.05) is 48.5 Å². The van der Waals surface area contributed by atoms with Crippen molar-refractivity contribution < 1.29 is 9.47 Å². The van der Waals surface area contributed by atoms with Crippen LogP contribution in [-0.2, 0) is 0 Å². The molecule has 2 aromatic carbocycles. The second-order valence-corrected chi connectivity index (χ2v) is 5.86. The molecule has 0 bridgehead atoms. The second-order valence-electron chi connectivity index (χ2n) is 5.42. The topological polar surface area (TPSA) is 57.1 Å². The van der Waals surface area contributed by atoms with Crippen molar-refractivity contribution in [1.82, 2.24) is 15.0 Å². The minimum atomic E-state index is 0.378. The van der Waals surface area contributed by atoms with Crippen molar-refractivity contribution in [2.45, 2.75) is 0 Å². The molecule has 0 fully saturated rings. The first-order valence-electron chi connectivity index (χ1n) is 7.65. The van der Waals surface area contributed by atoms with E-state index in [9.17, 15) is 0 Å². The highest BCUT2D eigenvalue weighted by atomic mass is 35.5. The summed E-state index contributed by atoms with van der Waals surface area (Å²) in [7, 11) is 3.13. The molecule has 6 heteroatoms. The molecule has 0 saturated heterocycles. The van der Waals surface area contributed by atoms with Crippen LogP contribution in [0.5, 0.6) is 11.8 Å². The molecule has 2 heterocycles. The lowest BCUT2D eigenvalue weighted by molar-refractivity contribution is 0.369. The third-order valence-electron chi connectivity index (χ3n) is 3.95. The van der Waals surface area contributed by atoms with Gasteiger partial charge in [-0.3, -0.25) is 0 Å². The first-order chi connectivity index (χ1) is 12.2. The third-order valence-corrected chi connectivity index (χ3v) is 4.20. The number of methoxy groups -OCH3 is 2. The fourth-order valence-electron chi connectivity index (χ4n) is 2.79. The summed E-state index contributed by atoms with van der Waals surface area (Å²) in [4.78, 5) is 14.0. The maximum atomic E-state index is 6.02. The molecule has 0 amide bonds. The summed E-state index contributed by atoms with van der Waals surface area (Å²) in [5.74, 6) is 0.805. The summed E-state index contributed by atoms with van der Waals surface area (Å²) < 4.78 is 10.9. The molecular weight excluding hydrogens is 338 g/mol. The lowest BCUT2D eigenvalue weighted by atomic mass is 10.0. The maximum Gasteiger partial charge on any atom is 0.245 e. The Kier molecular flexibility index (Phi) is 3.86. The van der Waals surface area contributed by atoms with E-state index in [0.29, 0.717) is 27.8 Å². The molecule has 0 aliphatic carbocycles. The van der Waals surface area contributed by atoms with Gasteiger partial charge in [0, 0.05) is 5.02 Å². The van der Waals surface area contributed by atoms with Crippen LogP contribution in [0.4, 0.5) is 0 Å². The van der Waals surface area contributed by atoms with Crippen molar-refractivity contribution in [3.05, 3.63) is 53.6 Å². The molecule has 0 N–H and O–H groups in total. The molecule has 0 radical (unpaired) electrons. The van der Waals surface area contributed by atoms with E-state index in [0.717, 1.165) is 22.2 Å². The maximum absolute atomic E-state index is 6.02. The number of aromatic nitrogens is 3. The molecule has 0 unspecified atom stereocenters. The Labute approximate surface area is 149 Å². The molecule has 25 heavy (non-hydrogen) atoms. The van der Waals surface area contributed by atoms with Crippen LogP contribution in [0, 0.1) is 0 Å². The van der Waals surface area contributed by atoms with E-state index in [1.165, 1.54) is 0 Å². The number of benzene rings is 2. The van der Waals surface area contributed by atoms with Crippen LogP contribution in [-0.4, -0.2) is 29.2 Å². The highest BCUT2D eigenvalue weighted by molar-refractivity contribution is 6.30. The normalized spacial score (nSPS) is 11.0. The van der Waals surface area contributed by atoms with Gasteiger partial charge >= 0.3 is 0 Å². The molecule has 0 saturated carbocycles. The van der Waals surface area contributed by atoms with Gasteiger partial charge in [0.15, 0.2) is 5.52 Å². The van der Waals surface area contributed by atoms with Crippen molar-refractivity contribution in [2.24, 2.45) is 0 Å². The van der Waals surface area contributed by atoms with E-state index in [-0.39, 0.29) is 0 Å². The zero-order chi connectivity index (χ0) is 17.4. The van der Waals surface area contributed by atoms with Crippen LogP contribution in [0.1, 0.15) is 0 Å². The lowest BCUT2D eigenvalue weighted by Crippen LogP contribution is -2.00. The van der Waals surface area contributed by atoms with Gasteiger partial charge in [-0.15, -0.1) is 0 Å². The van der Waals surface area contributed by atoms with Gasteiger partial charge in [0.2, 0.25) is 11.8 Å². The number of hydrogen-bond donors (Lipinski definition) is 0. The molecule has 5 nitrogen and oxygen atoms in total. The smallest absolute Gasteiger partial charge is 0.245 e. The van der Waals surface area contributed by atoms with Crippen LogP contribution in [0.15, 0.2) is 48.5 Å². The summed E-state index contributed by atoms with van der Waals surface area (Å²) in [6.45, 7) is 0. The zero-order valence-corrected chi connectivity index (χ0v) is 14.4. The summed E-state index contributed by atoms with van der Waals surface area (Å²) in [6.07, 6.45) is 0. The van der Waals surface area contributed by atoms with Gasteiger partial charge in [-0.05, 0) is 29.8 Å². The second kappa shape index (κ2) is 6.18. The highest BCUT2D eigenvalue weighted by Gasteiger charge is 2.20. The highest BCUT2D eigenvalue weighted by Crippen LogP contribution is 2.38. The van der Waals surface area contributed by atoms with E-state index in [4.69, 9.17) is 31.0 Å². The number of fused-ring (bicyclic) bond motifs is 2. The Morgan fingerprint density at radius 1 is 0.720 bits per heavy atom. The van der Waals surface area contributed by atoms with E-state index >= 15 is 0 Å². The largest absolute Gasteiger partial charge is 0.480 e. The monoisotopic (exact) mass is 351 g/mol. The van der Waals surface area contributed by atoms with Crippen LogP contribution in [0.3, 0.4) is 0 Å². The number of nitrogens with zero attached hydrogens (tertiary/aromatic N) is 3. The van der Waals surface area contributed by atoms with E-state index in [1.54, 1.807) is 14.2 Å². The zero-order valence-electron chi connectivity index (χ0n) is 13.7. The van der Waals surface area contributed by atoms with Crippen LogP contribution < -0.4 is 9.47 Å². The number of halogens is 1. The molecule has 0 atom stereocenters. The van der Waals surface area contributed by atoms with E-state index in [2.05, 4.69) is 4.98 Å². The molecule has 0 aliphatic rings. The molecule has 4 aromatic rings. The number of para-hydroxylation sites is 2. The summed E-state index contributed by atoms with van der Waals surface area (Å²) in [5.41, 5.74) is 4.48. The van der Waals surface area contributed by atoms with Gasteiger partial charge in [0.1, 0.15) is 5.52 Å². The Hall–Kier alpha value is -2.92. The van der Waals surface area contributed by atoms with Gasteiger partial charge in [-0.25, -0.2) is 9.97 Å². The Morgan fingerprint density at radius 2 is 1.32 bits per heavy atom. The van der Waals surface area contributed by atoms with Crippen LogP contribution in [0.25, 0.3) is 33.2 Å². The molecule has 124 valence electrons. The number of pyridine rings is 1. The Balaban J connectivity index is 2.15. The predicted octanol–water partition coefficient (Wildman–Crippen LogP) is 4.52. The molecule has 0 spiro atoms. The van der Waals surface area contributed by atoms with Gasteiger partial charge < -0.3 is 9.47 Å². The van der Waals surface area contributed by atoms with Crippen LogP contribution in [0.2, 0.25) is 5.02 Å². The van der Waals surface area contributed by atoms with Crippen LogP contribution >= 0.6 is 11.6 Å². The van der Waals surface area contributed by atoms with Gasteiger partial charge in [0.05, 0.1) is 30.8 Å². The first kappa shape index (κ1) is 15.6. The van der Waals surface area contributed by atoms with Gasteiger partial charge in [-0.2, -0.15) is 4.98 Å². The minimum absolute atomic E-state index is 0.378. The van der Waals surface area contributed by atoms with E-state index < -0.39 is 0 Å². The molecule has 4 rings (SSSR count). The lowest BCUT2D eigenvalue weighted by Gasteiger charge is -2.13. The molecule has 0 aliphatic heterocycles. The van der Waals surface area contributed by atoms with Crippen molar-refractivity contribution in [3.63, 3.8) is 0 Å². The fourth-order valence-corrected chi connectivity index (χ4v) is 2.92. The van der Waals surface area contributed by atoms with Crippen molar-refractivity contribution in [1.29, 1.82) is 0 Å². The standard InChI is InChI=1S/C19H14ClN3O2/c1-24-18-15(11-7-9-12(20)10-8-11)16-17(19(23-18)25-2)22-14-6-4-3-5-13(14)21-16/h3-10H,1-2H3. The molecular formula is C19H14ClN3O2. The summed E-state index contributed by atoms with van der Waals surface area (Å²) >= 11 is 6.02. The Bertz CT molecular complexity index is 1080.